The molecule has 7 nitrogen and oxygen atoms in total. The van der Waals surface area contributed by atoms with E-state index in [4.69, 9.17) is 4.42 Å². The summed E-state index contributed by atoms with van der Waals surface area (Å²) < 4.78 is 5.93. The summed E-state index contributed by atoms with van der Waals surface area (Å²) in [6, 6.07) is 4.14. The van der Waals surface area contributed by atoms with Crippen LogP contribution in [-0.2, 0) is 4.79 Å². The van der Waals surface area contributed by atoms with E-state index in [9.17, 15) is 4.79 Å². The highest BCUT2D eigenvalue weighted by atomic mass is 32.1. The number of carbonyl (C=O) groups excluding carboxylic acids is 1. The second-order valence-corrected chi connectivity index (χ2v) is 9.33. The van der Waals surface area contributed by atoms with Crippen LogP contribution in [0.1, 0.15) is 46.0 Å². The third-order valence-corrected chi connectivity index (χ3v) is 5.77. The molecule has 0 spiro atoms. The summed E-state index contributed by atoms with van der Waals surface area (Å²) in [6.45, 7) is 12.8. The fraction of sp³-hybridized carbons (Fsp3) is 0.632. The van der Waals surface area contributed by atoms with Gasteiger partial charge in [0.1, 0.15) is 13.1 Å². The molecule has 0 radical (unpaired) electrons. The van der Waals surface area contributed by atoms with E-state index in [0.29, 0.717) is 18.3 Å². The van der Waals surface area contributed by atoms with Crippen molar-refractivity contribution in [2.45, 2.75) is 45.7 Å². The van der Waals surface area contributed by atoms with E-state index in [1.54, 1.807) is 11.3 Å². The van der Waals surface area contributed by atoms with E-state index < -0.39 is 0 Å². The standard InChI is InChI=1S/C19H29N5O2S/c1-14(17-21-22-18(26-17)15-7-5-12-27-15)24-9-6-8-23(10-11-24)13-16(25)20-19(2,3)4/h5,7,12,14H,6,8-11,13H2,1-4H3,(H,20,25)/p+2/t14-/m0/s1. The van der Waals surface area contributed by atoms with Gasteiger partial charge in [-0.3, -0.25) is 4.79 Å². The first-order chi connectivity index (χ1) is 12.8. The van der Waals surface area contributed by atoms with Gasteiger partial charge in [-0.15, -0.1) is 21.5 Å². The summed E-state index contributed by atoms with van der Waals surface area (Å²) >= 11 is 1.61. The van der Waals surface area contributed by atoms with Gasteiger partial charge in [-0.1, -0.05) is 6.07 Å². The molecule has 0 aliphatic carbocycles. The Labute approximate surface area is 164 Å². The number of quaternary nitrogens is 2. The van der Waals surface area contributed by atoms with Gasteiger partial charge in [-0.05, 0) is 39.1 Å². The SMILES string of the molecule is C[C@@H](c1nnc(-c2cccs2)o1)[NH+]1CCC[NH+](CC(=O)NC(C)(C)C)CC1. The van der Waals surface area contributed by atoms with Crippen LogP contribution in [0.4, 0.5) is 0 Å². The van der Waals surface area contributed by atoms with Crippen molar-refractivity contribution in [3.8, 4) is 10.8 Å². The van der Waals surface area contributed by atoms with Gasteiger partial charge in [0, 0.05) is 12.0 Å². The Hall–Kier alpha value is -1.77. The third-order valence-electron chi connectivity index (χ3n) is 4.91. The maximum atomic E-state index is 12.2. The minimum atomic E-state index is -0.174. The molecule has 148 valence electrons. The number of hydrogen-bond acceptors (Lipinski definition) is 5. The molecule has 2 aromatic heterocycles. The molecular weight excluding hydrogens is 362 g/mol. The summed E-state index contributed by atoms with van der Waals surface area (Å²) in [6.07, 6.45) is 1.09. The van der Waals surface area contributed by atoms with Gasteiger partial charge >= 0.3 is 0 Å². The van der Waals surface area contributed by atoms with Crippen LogP contribution < -0.4 is 15.1 Å². The Morgan fingerprint density at radius 2 is 2.11 bits per heavy atom. The molecule has 2 unspecified atom stereocenters. The minimum absolute atomic E-state index is 0.131. The summed E-state index contributed by atoms with van der Waals surface area (Å²) in [5.74, 6) is 1.43. The molecule has 0 bridgehead atoms. The van der Waals surface area contributed by atoms with Crippen molar-refractivity contribution in [3.63, 3.8) is 0 Å². The van der Waals surface area contributed by atoms with Gasteiger partial charge in [0.15, 0.2) is 12.6 Å². The van der Waals surface area contributed by atoms with Gasteiger partial charge in [0.05, 0.1) is 18.0 Å². The summed E-state index contributed by atoms with van der Waals surface area (Å²) in [5.41, 5.74) is -0.174. The first kappa shape index (κ1) is 20.0. The first-order valence-corrected chi connectivity index (χ1v) is 10.6. The van der Waals surface area contributed by atoms with E-state index in [-0.39, 0.29) is 17.5 Å². The monoisotopic (exact) mass is 393 g/mol. The minimum Gasteiger partial charge on any atom is -0.414 e. The summed E-state index contributed by atoms with van der Waals surface area (Å²) in [4.78, 5) is 16.0. The van der Waals surface area contributed by atoms with Gasteiger partial charge in [-0.25, -0.2) is 0 Å². The highest BCUT2D eigenvalue weighted by Crippen LogP contribution is 2.24. The highest BCUT2D eigenvalue weighted by molar-refractivity contribution is 7.13. The molecule has 1 fully saturated rings. The molecule has 2 aromatic rings. The number of nitrogens with one attached hydrogen (secondary N) is 3. The molecule has 8 heteroatoms. The van der Waals surface area contributed by atoms with Crippen LogP contribution in [0.25, 0.3) is 10.8 Å². The van der Waals surface area contributed by atoms with Crippen LogP contribution in [-0.4, -0.2) is 54.4 Å². The lowest BCUT2D eigenvalue weighted by Gasteiger charge is -2.23. The van der Waals surface area contributed by atoms with Gasteiger partial charge in [0.25, 0.3) is 17.7 Å². The molecule has 3 atom stereocenters. The molecule has 1 saturated heterocycles. The quantitative estimate of drug-likeness (QED) is 0.666. The van der Waals surface area contributed by atoms with E-state index >= 15 is 0 Å². The molecule has 1 amide bonds. The normalized spacial score (nSPS) is 22.2. The number of thiophene rings is 1. The number of rotatable bonds is 5. The largest absolute Gasteiger partial charge is 0.414 e. The lowest BCUT2D eigenvalue weighted by Crippen LogP contribution is -3.18. The Bertz CT molecular complexity index is 738. The predicted molar refractivity (Wildman–Crippen MR) is 105 cm³/mol. The molecule has 3 rings (SSSR count). The molecule has 27 heavy (non-hydrogen) atoms. The average Bonchev–Trinajstić information content (AvgIpc) is 3.21. The number of carbonyl (C=O) groups is 1. The van der Waals surface area contributed by atoms with Crippen molar-refractivity contribution in [2.75, 3.05) is 32.7 Å². The number of hydrogen-bond donors (Lipinski definition) is 3. The molecule has 3 heterocycles. The fourth-order valence-corrected chi connectivity index (χ4v) is 4.18. The van der Waals surface area contributed by atoms with Crippen molar-refractivity contribution >= 4 is 17.2 Å². The summed E-state index contributed by atoms with van der Waals surface area (Å²) in [7, 11) is 0. The Kier molecular flexibility index (Phi) is 6.29. The summed E-state index contributed by atoms with van der Waals surface area (Å²) in [5, 5.41) is 13.6. The number of nitrogens with zero attached hydrogens (tertiary/aromatic N) is 2. The van der Waals surface area contributed by atoms with Crippen molar-refractivity contribution in [3.05, 3.63) is 23.4 Å². The Morgan fingerprint density at radius 3 is 2.81 bits per heavy atom. The molecule has 1 aliphatic rings. The molecular formula is C19H31N5O2S+2. The van der Waals surface area contributed by atoms with Crippen LogP contribution >= 0.6 is 11.3 Å². The third kappa shape index (κ3) is 5.60. The maximum Gasteiger partial charge on any atom is 0.275 e. The zero-order chi connectivity index (χ0) is 19.4. The highest BCUT2D eigenvalue weighted by Gasteiger charge is 2.30. The van der Waals surface area contributed by atoms with Crippen LogP contribution in [0.3, 0.4) is 0 Å². The van der Waals surface area contributed by atoms with Crippen LogP contribution in [0.15, 0.2) is 21.9 Å². The maximum absolute atomic E-state index is 12.2. The number of amides is 1. The second-order valence-electron chi connectivity index (χ2n) is 8.38. The van der Waals surface area contributed by atoms with E-state index in [1.807, 2.05) is 38.3 Å². The molecule has 1 aliphatic heterocycles. The van der Waals surface area contributed by atoms with Crippen LogP contribution in [0.5, 0.6) is 0 Å². The van der Waals surface area contributed by atoms with Crippen molar-refractivity contribution in [1.82, 2.24) is 15.5 Å². The molecule has 0 aromatic carbocycles. The van der Waals surface area contributed by atoms with E-state index in [1.165, 1.54) is 9.80 Å². The first-order valence-electron chi connectivity index (χ1n) is 9.68. The lowest BCUT2D eigenvalue weighted by atomic mass is 10.1. The van der Waals surface area contributed by atoms with Crippen molar-refractivity contribution in [2.24, 2.45) is 0 Å². The lowest BCUT2D eigenvalue weighted by molar-refractivity contribution is -0.954. The van der Waals surface area contributed by atoms with Crippen molar-refractivity contribution < 1.29 is 19.0 Å². The van der Waals surface area contributed by atoms with E-state index in [2.05, 4.69) is 22.4 Å². The van der Waals surface area contributed by atoms with E-state index in [0.717, 1.165) is 37.5 Å². The Morgan fingerprint density at radius 1 is 1.30 bits per heavy atom. The van der Waals surface area contributed by atoms with Gasteiger partial charge in [-0.2, -0.15) is 0 Å². The van der Waals surface area contributed by atoms with Crippen LogP contribution in [0, 0.1) is 0 Å². The fourth-order valence-electron chi connectivity index (χ4n) is 3.54. The average molecular weight is 394 g/mol. The Balaban J connectivity index is 1.55. The number of aromatic nitrogens is 2. The second kappa shape index (κ2) is 8.50. The molecule has 0 saturated carbocycles. The predicted octanol–water partition coefficient (Wildman–Crippen LogP) is -0.0527. The zero-order valence-corrected chi connectivity index (χ0v) is 17.5. The molecule has 3 N–H and O–H groups in total. The topological polar surface area (TPSA) is 76.9 Å². The van der Waals surface area contributed by atoms with Gasteiger partial charge < -0.3 is 19.5 Å². The van der Waals surface area contributed by atoms with Crippen molar-refractivity contribution in [1.29, 1.82) is 0 Å². The zero-order valence-electron chi connectivity index (χ0n) is 16.7. The van der Waals surface area contributed by atoms with Crippen LogP contribution in [0.2, 0.25) is 0 Å². The van der Waals surface area contributed by atoms with Gasteiger partial charge in [0.2, 0.25) is 0 Å². The smallest absolute Gasteiger partial charge is 0.275 e.